The lowest BCUT2D eigenvalue weighted by Crippen LogP contribution is -2.18. The van der Waals surface area contributed by atoms with E-state index in [0.29, 0.717) is 5.02 Å². The lowest BCUT2D eigenvalue weighted by Gasteiger charge is -2.23. The van der Waals surface area contributed by atoms with Gasteiger partial charge in [0.1, 0.15) is 0 Å². The Hall–Kier alpha value is -1.51. The summed E-state index contributed by atoms with van der Waals surface area (Å²) in [6.07, 6.45) is 0. The molecule has 0 atom stereocenters. The molecule has 0 bridgehead atoms. The first-order chi connectivity index (χ1) is 9.11. The molecule has 0 spiro atoms. The number of aryl methyl sites for hydroxylation is 1. The summed E-state index contributed by atoms with van der Waals surface area (Å²) >= 11 is 6.04. The van der Waals surface area contributed by atoms with Gasteiger partial charge in [0.05, 0.1) is 6.61 Å². The van der Waals surface area contributed by atoms with Crippen LogP contribution in [0, 0.1) is 6.92 Å². The minimum atomic E-state index is 0.0185. The highest BCUT2D eigenvalue weighted by molar-refractivity contribution is 6.30. The molecule has 2 aromatic rings. The van der Waals surface area contributed by atoms with Gasteiger partial charge in [0.2, 0.25) is 0 Å². The van der Waals surface area contributed by atoms with Crippen LogP contribution in [0.15, 0.2) is 42.5 Å². The molecule has 0 fully saturated rings. The number of aliphatic hydroxyl groups excluding tert-OH is 1. The number of benzene rings is 2. The minimum Gasteiger partial charge on any atom is -0.392 e. The molecule has 100 valence electrons. The fraction of sp³-hybridized carbons (Fsp3) is 0.250. The number of halogens is 1. The van der Waals surface area contributed by atoms with E-state index in [4.69, 9.17) is 11.6 Å². The molecule has 0 unspecified atom stereocenters. The summed E-state index contributed by atoms with van der Waals surface area (Å²) in [7, 11) is 2.01. The zero-order chi connectivity index (χ0) is 13.8. The van der Waals surface area contributed by atoms with Crippen LogP contribution in [-0.2, 0) is 13.2 Å². The summed E-state index contributed by atoms with van der Waals surface area (Å²) in [4.78, 5) is 2.11. The number of aliphatic hydroxyl groups is 1. The van der Waals surface area contributed by atoms with E-state index in [9.17, 15) is 5.11 Å². The van der Waals surface area contributed by atoms with E-state index in [0.717, 1.165) is 17.8 Å². The van der Waals surface area contributed by atoms with Gasteiger partial charge in [-0.15, -0.1) is 0 Å². The van der Waals surface area contributed by atoms with Crippen molar-refractivity contribution in [1.82, 2.24) is 0 Å². The molecule has 0 heterocycles. The second-order valence-corrected chi connectivity index (χ2v) is 5.15. The summed E-state index contributed by atoms with van der Waals surface area (Å²) in [5, 5.41) is 10.1. The lowest BCUT2D eigenvalue weighted by molar-refractivity contribution is 0.282. The smallest absolute Gasteiger partial charge is 0.0702 e. The highest BCUT2D eigenvalue weighted by atomic mass is 35.5. The Labute approximate surface area is 119 Å². The summed E-state index contributed by atoms with van der Waals surface area (Å²) in [6.45, 7) is 2.92. The van der Waals surface area contributed by atoms with E-state index in [1.165, 1.54) is 11.1 Å². The third-order valence-electron chi connectivity index (χ3n) is 3.30. The van der Waals surface area contributed by atoms with E-state index in [1.807, 2.05) is 31.3 Å². The lowest BCUT2D eigenvalue weighted by atomic mass is 10.1. The van der Waals surface area contributed by atoms with Gasteiger partial charge in [-0.25, -0.2) is 0 Å². The predicted octanol–water partition coefficient (Wildman–Crippen LogP) is 3.78. The molecule has 0 aliphatic heterocycles. The molecule has 1 N–H and O–H groups in total. The number of anilines is 1. The van der Waals surface area contributed by atoms with Crippen molar-refractivity contribution in [3.05, 3.63) is 64.2 Å². The SMILES string of the molecule is Cc1ccccc1CN(C)c1cc(Cl)ccc1CO. The van der Waals surface area contributed by atoms with Crippen LogP contribution in [0.25, 0.3) is 0 Å². The average molecular weight is 276 g/mol. The maximum atomic E-state index is 9.41. The standard InChI is InChI=1S/C16H18ClNO/c1-12-5-3-4-6-13(12)10-18(2)16-9-15(17)8-7-14(16)11-19/h3-9,19H,10-11H2,1-2H3. The molecule has 0 saturated carbocycles. The van der Waals surface area contributed by atoms with Gasteiger partial charge in [0.15, 0.2) is 0 Å². The Kier molecular flexibility index (Phi) is 4.46. The van der Waals surface area contributed by atoms with E-state index in [-0.39, 0.29) is 6.61 Å². The van der Waals surface area contributed by atoms with E-state index in [2.05, 4.69) is 24.0 Å². The van der Waals surface area contributed by atoms with Crippen LogP contribution >= 0.6 is 11.6 Å². The number of hydrogen-bond acceptors (Lipinski definition) is 2. The minimum absolute atomic E-state index is 0.0185. The highest BCUT2D eigenvalue weighted by Gasteiger charge is 2.09. The van der Waals surface area contributed by atoms with Crippen molar-refractivity contribution in [3.8, 4) is 0 Å². The summed E-state index contributed by atoms with van der Waals surface area (Å²) in [5.41, 5.74) is 4.40. The van der Waals surface area contributed by atoms with Crippen LogP contribution < -0.4 is 4.90 Å². The van der Waals surface area contributed by atoms with Gasteiger partial charge in [0.25, 0.3) is 0 Å². The van der Waals surface area contributed by atoms with Gasteiger partial charge in [-0.2, -0.15) is 0 Å². The molecule has 0 saturated heterocycles. The highest BCUT2D eigenvalue weighted by Crippen LogP contribution is 2.25. The second kappa shape index (κ2) is 6.09. The van der Waals surface area contributed by atoms with Gasteiger partial charge in [-0.3, -0.25) is 0 Å². The van der Waals surface area contributed by atoms with E-state index in [1.54, 1.807) is 6.07 Å². The molecule has 0 aliphatic rings. The predicted molar refractivity (Wildman–Crippen MR) is 80.7 cm³/mol. The molecular weight excluding hydrogens is 258 g/mol. The molecule has 0 radical (unpaired) electrons. The molecule has 3 heteroatoms. The second-order valence-electron chi connectivity index (χ2n) is 4.71. The van der Waals surface area contributed by atoms with Crippen LogP contribution in [0.5, 0.6) is 0 Å². The Morgan fingerprint density at radius 3 is 2.53 bits per heavy atom. The Morgan fingerprint density at radius 2 is 1.84 bits per heavy atom. The van der Waals surface area contributed by atoms with Crippen LogP contribution in [0.4, 0.5) is 5.69 Å². The van der Waals surface area contributed by atoms with Gasteiger partial charge in [-0.05, 0) is 30.2 Å². The van der Waals surface area contributed by atoms with Crippen molar-refractivity contribution < 1.29 is 5.11 Å². The average Bonchev–Trinajstić information content (AvgIpc) is 2.41. The first-order valence-corrected chi connectivity index (χ1v) is 6.64. The Balaban J connectivity index is 2.27. The summed E-state index contributed by atoms with van der Waals surface area (Å²) in [6, 6.07) is 13.9. The van der Waals surface area contributed by atoms with Crippen molar-refractivity contribution >= 4 is 17.3 Å². The molecule has 2 nitrogen and oxygen atoms in total. The first kappa shape index (κ1) is 13.9. The van der Waals surface area contributed by atoms with Crippen molar-refractivity contribution in [2.45, 2.75) is 20.1 Å². The van der Waals surface area contributed by atoms with Gasteiger partial charge < -0.3 is 10.0 Å². The molecule has 2 aromatic carbocycles. The van der Waals surface area contributed by atoms with Crippen LogP contribution in [0.2, 0.25) is 5.02 Å². The van der Waals surface area contributed by atoms with Crippen molar-refractivity contribution in [2.24, 2.45) is 0 Å². The van der Waals surface area contributed by atoms with E-state index >= 15 is 0 Å². The third kappa shape index (κ3) is 3.28. The van der Waals surface area contributed by atoms with Gasteiger partial charge in [0, 0.05) is 29.9 Å². The molecular formula is C16H18ClNO. The van der Waals surface area contributed by atoms with Gasteiger partial charge >= 0.3 is 0 Å². The van der Waals surface area contributed by atoms with Crippen LogP contribution in [0.1, 0.15) is 16.7 Å². The zero-order valence-electron chi connectivity index (χ0n) is 11.2. The fourth-order valence-electron chi connectivity index (χ4n) is 2.15. The Morgan fingerprint density at radius 1 is 1.11 bits per heavy atom. The van der Waals surface area contributed by atoms with Crippen molar-refractivity contribution in [2.75, 3.05) is 11.9 Å². The van der Waals surface area contributed by atoms with Crippen LogP contribution in [0.3, 0.4) is 0 Å². The number of nitrogens with zero attached hydrogens (tertiary/aromatic N) is 1. The molecule has 0 aliphatic carbocycles. The molecule has 0 amide bonds. The van der Waals surface area contributed by atoms with Crippen molar-refractivity contribution in [3.63, 3.8) is 0 Å². The number of hydrogen-bond donors (Lipinski definition) is 1. The van der Waals surface area contributed by atoms with E-state index < -0.39 is 0 Å². The van der Waals surface area contributed by atoms with Gasteiger partial charge in [-0.1, -0.05) is 41.9 Å². The topological polar surface area (TPSA) is 23.5 Å². The molecule has 19 heavy (non-hydrogen) atoms. The quantitative estimate of drug-likeness (QED) is 0.918. The number of rotatable bonds is 4. The monoisotopic (exact) mass is 275 g/mol. The zero-order valence-corrected chi connectivity index (χ0v) is 12.0. The van der Waals surface area contributed by atoms with Crippen molar-refractivity contribution in [1.29, 1.82) is 0 Å². The molecule has 0 aromatic heterocycles. The largest absolute Gasteiger partial charge is 0.392 e. The normalized spacial score (nSPS) is 10.5. The summed E-state index contributed by atoms with van der Waals surface area (Å²) < 4.78 is 0. The summed E-state index contributed by atoms with van der Waals surface area (Å²) in [5.74, 6) is 0. The maximum Gasteiger partial charge on any atom is 0.0702 e. The maximum absolute atomic E-state index is 9.41. The third-order valence-corrected chi connectivity index (χ3v) is 3.53. The van der Waals surface area contributed by atoms with Crippen LogP contribution in [-0.4, -0.2) is 12.2 Å². The molecule has 2 rings (SSSR count). The first-order valence-electron chi connectivity index (χ1n) is 6.26. The Bertz CT molecular complexity index is 568. The fourth-order valence-corrected chi connectivity index (χ4v) is 2.32.